The van der Waals surface area contributed by atoms with Crippen LogP contribution < -0.4 is 19.6 Å². The van der Waals surface area contributed by atoms with E-state index in [2.05, 4.69) is 10.5 Å². The number of nitrogens with zero attached hydrogens (tertiary/aromatic N) is 2. The average molecular weight is 498 g/mol. The summed E-state index contributed by atoms with van der Waals surface area (Å²) in [6.07, 6.45) is 1.36. The van der Waals surface area contributed by atoms with E-state index < -0.39 is 23.4 Å². The molecular formula is C24H20ClN3O7. The second-order valence-electron chi connectivity index (χ2n) is 6.84. The molecule has 0 spiro atoms. The van der Waals surface area contributed by atoms with Gasteiger partial charge in [0.2, 0.25) is 0 Å². The van der Waals surface area contributed by atoms with Gasteiger partial charge in [0.25, 0.3) is 5.91 Å². The highest BCUT2D eigenvalue weighted by molar-refractivity contribution is 6.30. The molecule has 1 amide bonds. The fourth-order valence-electron chi connectivity index (χ4n) is 2.79. The molecule has 0 aliphatic heterocycles. The Bertz CT molecular complexity index is 1250. The molecule has 0 atom stereocenters. The van der Waals surface area contributed by atoms with E-state index in [0.29, 0.717) is 28.5 Å². The first-order chi connectivity index (χ1) is 16.9. The Morgan fingerprint density at radius 2 is 1.77 bits per heavy atom. The van der Waals surface area contributed by atoms with Crippen LogP contribution >= 0.6 is 11.6 Å². The lowest BCUT2D eigenvalue weighted by atomic mass is 10.2. The molecule has 0 heterocycles. The third kappa shape index (κ3) is 7.27. The number of carbonyl (C=O) groups excluding carboxylic acids is 2. The molecule has 3 rings (SSSR count). The number of carbonyl (C=O) groups is 2. The zero-order valence-corrected chi connectivity index (χ0v) is 19.2. The lowest BCUT2D eigenvalue weighted by molar-refractivity contribution is -0.385. The van der Waals surface area contributed by atoms with Gasteiger partial charge in [-0.2, -0.15) is 5.10 Å². The number of nitrogens with one attached hydrogen (secondary N) is 1. The zero-order chi connectivity index (χ0) is 25.2. The van der Waals surface area contributed by atoms with Gasteiger partial charge in [0.05, 0.1) is 23.3 Å². The Morgan fingerprint density at radius 1 is 1.03 bits per heavy atom. The predicted octanol–water partition coefficient (Wildman–Crippen LogP) is 4.40. The van der Waals surface area contributed by atoms with Crippen molar-refractivity contribution in [2.45, 2.75) is 6.92 Å². The van der Waals surface area contributed by atoms with E-state index in [4.69, 9.17) is 25.8 Å². The summed E-state index contributed by atoms with van der Waals surface area (Å²) in [6.45, 7) is 1.64. The van der Waals surface area contributed by atoms with Crippen molar-refractivity contribution < 1.29 is 28.7 Å². The van der Waals surface area contributed by atoms with E-state index in [-0.39, 0.29) is 17.2 Å². The summed E-state index contributed by atoms with van der Waals surface area (Å²) >= 11 is 5.84. The molecule has 0 bridgehead atoms. The van der Waals surface area contributed by atoms with Crippen molar-refractivity contribution in [3.8, 4) is 17.2 Å². The lowest BCUT2D eigenvalue weighted by Gasteiger charge is -2.11. The molecule has 0 aromatic heterocycles. The summed E-state index contributed by atoms with van der Waals surface area (Å²) < 4.78 is 16.2. The molecule has 0 radical (unpaired) electrons. The third-order valence-corrected chi connectivity index (χ3v) is 4.63. The Balaban J connectivity index is 1.60. The molecule has 0 saturated carbocycles. The second-order valence-corrected chi connectivity index (χ2v) is 7.28. The van der Waals surface area contributed by atoms with Gasteiger partial charge in [-0.25, -0.2) is 10.2 Å². The number of rotatable bonds is 10. The zero-order valence-electron chi connectivity index (χ0n) is 18.5. The van der Waals surface area contributed by atoms with Crippen LogP contribution in [0.5, 0.6) is 17.2 Å². The van der Waals surface area contributed by atoms with E-state index >= 15 is 0 Å². The topological polar surface area (TPSA) is 129 Å². The number of benzene rings is 3. The summed E-state index contributed by atoms with van der Waals surface area (Å²) in [5.74, 6) is -0.690. The summed E-state index contributed by atoms with van der Waals surface area (Å²) in [4.78, 5) is 34.8. The van der Waals surface area contributed by atoms with Crippen LogP contribution in [0.2, 0.25) is 5.02 Å². The Kier molecular flexibility index (Phi) is 8.74. The first kappa shape index (κ1) is 25.2. The predicted molar refractivity (Wildman–Crippen MR) is 128 cm³/mol. The molecule has 0 fully saturated rings. The monoisotopic (exact) mass is 497 g/mol. The van der Waals surface area contributed by atoms with Gasteiger partial charge in [-0.15, -0.1) is 0 Å². The van der Waals surface area contributed by atoms with Gasteiger partial charge >= 0.3 is 11.7 Å². The van der Waals surface area contributed by atoms with Crippen LogP contribution in [0.15, 0.2) is 71.8 Å². The van der Waals surface area contributed by atoms with E-state index in [0.717, 1.165) is 0 Å². The number of halogens is 1. The number of nitro benzene ring substituents is 1. The molecular weight excluding hydrogens is 478 g/mol. The highest BCUT2D eigenvalue weighted by Crippen LogP contribution is 2.29. The van der Waals surface area contributed by atoms with E-state index in [1.807, 2.05) is 0 Å². The minimum Gasteiger partial charge on any atom is -0.490 e. The average Bonchev–Trinajstić information content (AvgIpc) is 2.85. The van der Waals surface area contributed by atoms with Crippen LogP contribution in [-0.2, 0) is 4.79 Å². The molecule has 35 heavy (non-hydrogen) atoms. The van der Waals surface area contributed by atoms with Gasteiger partial charge in [-0.05, 0) is 61.0 Å². The highest BCUT2D eigenvalue weighted by Gasteiger charge is 2.15. The molecule has 10 nitrogen and oxygen atoms in total. The number of amides is 1. The maximum Gasteiger partial charge on any atom is 0.343 e. The lowest BCUT2D eigenvalue weighted by Crippen LogP contribution is -2.24. The van der Waals surface area contributed by atoms with Crippen molar-refractivity contribution in [1.82, 2.24) is 5.43 Å². The number of nitro groups is 1. The minimum atomic E-state index is -0.613. The fourth-order valence-corrected chi connectivity index (χ4v) is 2.91. The van der Waals surface area contributed by atoms with E-state index in [9.17, 15) is 19.7 Å². The van der Waals surface area contributed by atoms with Crippen LogP contribution in [0.3, 0.4) is 0 Å². The minimum absolute atomic E-state index is 0.0262. The van der Waals surface area contributed by atoms with Crippen LogP contribution in [0.25, 0.3) is 0 Å². The van der Waals surface area contributed by atoms with Crippen molar-refractivity contribution in [2.75, 3.05) is 13.2 Å². The van der Waals surface area contributed by atoms with Crippen LogP contribution in [0.1, 0.15) is 22.8 Å². The number of hydrogen-bond acceptors (Lipinski definition) is 8. The molecule has 1 N–H and O–H groups in total. The first-order valence-corrected chi connectivity index (χ1v) is 10.7. The molecule has 3 aromatic rings. The molecule has 180 valence electrons. The van der Waals surface area contributed by atoms with Gasteiger partial charge in [-0.1, -0.05) is 23.7 Å². The number of ether oxygens (including phenoxy) is 3. The normalized spacial score (nSPS) is 10.6. The van der Waals surface area contributed by atoms with Crippen LogP contribution in [0.4, 0.5) is 5.69 Å². The number of para-hydroxylation sites is 2. The maximum absolute atomic E-state index is 12.4. The summed E-state index contributed by atoms with van der Waals surface area (Å²) in [7, 11) is 0. The molecule has 0 aliphatic carbocycles. The van der Waals surface area contributed by atoms with Crippen molar-refractivity contribution in [3.05, 3.63) is 93.0 Å². The molecule has 3 aromatic carbocycles. The SMILES string of the molecule is CCOc1cc(/C=N/NC(=O)COc2ccccc2[N+](=O)[O-])ccc1OC(=O)c1ccc(Cl)cc1. The molecule has 11 heteroatoms. The highest BCUT2D eigenvalue weighted by atomic mass is 35.5. The largest absolute Gasteiger partial charge is 0.490 e. The second kappa shape index (κ2) is 12.1. The van der Waals surface area contributed by atoms with Crippen LogP contribution in [0, 0.1) is 10.1 Å². The Labute approximate surface area is 205 Å². The quantitative estimate of drug-likeness (QED) is 0.144. The Hall–Kier alpha value is -4.44. The Morgan fingerprint density at radius 3 is 2.49 bits per heavy atom. The summed E-state index contributed by atoms with van der Waals surface area (Å²) in [5.41, 5.74) is 2.91. The fraction of sp³-hybridized carbons (Fsp3) is 0.125. The van der Waals surface area contributed by atoms with Crippen molar-refractivity contribution >= 4 is 35.4 Å². The molecule has 0 unspecified atom stereocenters. The summed E-state index contributed by atoms with van der Waals surface area (Å²) in [5, 5.41) is 15.3. The van der Waals surface area contributed by atoms with Crippen molar-refractivity contribution in [1.29, 1.82) is 0 Å². The smallest absolute Gasteiger partial charge is 0.343 e. The molecule has 0 saturated heterocycles. The first-order valence-electron chi connectivity index (χ1n) is 10.3. The maximum atomic E-state index is 12.4. The van der Waals surface area contributed by atoms with Gasteiger partial charge in [0.1, 0.15) is 0 Å². The van der Waals surface area contributed by atoms with Crippen LogP contribution in [-0.4, -0.2) is 36.2 Å². The third-order valence-electron chi connectivity index (χ3n) is 4.37. The number of esters is 1. The van der Waals surface area contributed by atoms with Crippen molar-refractivity contribution in [2.24, 2.45) is 5.10 Å². The number of hydrogen-bond donors (Lipinski definition) is 1. The van der Waals surface area contributed by atoms with Gasteiger partial charge in [-0.3, -0.25) is 14.9 Å². The van der Waals surface area contributed by atoms with Crippen molar-refractivity contribution in [3.63, 3.8) is 0 Å². The summed E-state index contributed by atoms with van der Waals surface area (Å²) in [6, 6.07) is 16.7. The van der Waals surface area contributed by atoms with Gasteiger partial charge in [0, 0.05) is 11.1 Å². The standard InChI is InChI=1S/C24H20ClN3O7/c1-2-33-22-13-16(7-12-21(22)35-24(30)17-8-10-18(25)11-9-17)14-26-27-23(29)15-34-20-6-4-3-5-19(20)28(31)32/h3-14H,2,15H2,1H3,(H,27,29)/b26-14+. The van der Waals surface area contributed by atoms with E-state index in [1.165, 1.54) is 24.4 Å². The van der Waals surface area contributed by atoms with Gasteiger partial charge < -0.3 is 14.2 Å². The number of hydrazone groups is 1. The van der Waals surface area contributed by atoms with Gasteiger partial charge in [0.15, 0.2) is 23.9 Å². The van der Waals surface area contributed by atoms with E-state index in [1.54, 1.807) is 55.5 Å². The molecule has 0 aliphatic rings.